The molecule has 0 atom stereocenters. The average molecular weight is 426 g/mol. The summed E-state index contributed by atoms with van der Waals surface area (Å²) in [4.78, 5) is 16.8. The van der Waals surface area contributed by atoms with Crippen molar-refractivity contribution in [3.8, 4) is 0 Å². The Morgan fingerprint density at radius 2 is 2.15 bits per heavy atom. The fraction of sp³-hybridized carbons (Fsp3) is 0.263. The van der Waals surface area contributed by atoms with Crippen molar-refractivity contribution in [1.82, 2.24) is 9.55 Å². The number of nitrogens with zero attached hydrogens (tertiary/aromatic N) is 2. The molecule has 0 saturated carbocycles. The summed E-state index contributed by atoms with van der Waals surface area (Å²) >= 11 is 13.2. The van der Waals surface area contributed by atoms with Crippen LogP contribution in [0.25, 0.3) is 0 Å². The standard InChI is InChI=1S/C19H18Cl2FN3OS/c1-11(2)6-12-7-16(18(26)24-19-23-8-17(21)27-19)25(9-12)10-13-14(20)4-3-5-15(13)22/h3-5,7-9,11H,6,10H2,1-2H3,(H,23,24,26). The summed E-state index contributed by atoms with van der Waals surface area (Å²) in [5.74, 6) is -0.310. The van der Waals surface area contributed by atoms with Crippen LogP contribution in [0.1, 0.15) is 35.5 Å². The zero-order chi connectivity index (χ0) is 19.6. The molecule has 1 aromatic carbocycles. The van der Waals surface area contributed by atoms with Gasteiger partial charge in [0.15, 0.2) is 5.13 Å². The van der Waals surface area contributed by atoms with Crippen LogP contribution in [-0.4, -0.2) is 15.5 Å². The minimum atomic E-state index is -0.403. The van der Waals surface area contributed by atoms with Gasteiger partial charge in [-0.25, -0.2) is 9.37 Å². The molecule has 0 aliphatic heterocycles. The predicted molar refractivity (Wildman–Crippen MR) is 109 cm³/mol. The Bertz CT molecular complexity index is 948. The molecule has 1 N–H and O–H groups in total. The lowest BCUT2D eigenvalue weighted by Crippen LogP contribution is -2.17. The molecule has 0 fully saturated rings. The van der Waals surface area contributed by atoms with Crippen molar-refractivity contribution in [2.45, 2.75) is 26.8 Å². The van der Waals surface area contributed by atoms with Gasteiger partial charge in [-0.3, -0.25) is 10.1 Å². The SMILES string of the molecule is CC(C)Cc1cc(C(=O)Nc2ncc(Cl)s2)n(Cc2c(F)cccc2Cl)c1. The zero-order valence-corrected chi connectivity index (χ0v) is 17.1. The van der Waals surface area contributed by atoms with E-state index in [0.717, 1.165) is 12.0 Å². The molecule has 1 amide bonds. The van der Waals surface area contributed by atoms with Gasteiger partial charge in [0.05, 0.1) is 12.7 Å². The smallest absolute Gasteiger partial charge is 0.274 e. The highest BCUT2D eigenvalue weighted by Gasteiger charge is 2.18. The maximum atomic E-state index is 14.2. The molecule has 0 unspecified atom stereocenters. The van der Waals surface area contributed by atoms with Gasteiger partial charge in [0.1, 0.15) is 15.8 Å². The number of aromatic nitrogens is 2. The Kier molecular flexibility index (Phi) is 6.19. The van der Waals surface area contributed by atoms with Crippen LogP contribution in [0.5, 0.6) is 0 Å². The van der Waals surface area contributed by atoms with Crippen molar-refractivity contribution in [3.05, 3.63) is 68.7 Å². The summed E-state index contributed by atoms with van der Waals surface area (Å²) in [6.45, 7) is 4.36. The number of benzene rings is 1. The largest absolute Gasteiger partial charge is 0.339 e. The van der Waals surface area contributed by atoms with Gasteiger partial charge in [-0.2, -0.15) is 0 Å². The van der Waals surface area contributed by atoms with Crippen LogP contribution in [0.15, 0.2) is 36.7 Å². The highest BCUT2D eigenvalue weighted by molar-refractivity contribution is 7.19. The van der Waals surface area contributed by atoms with Gasteiger partial charge in [0.25, 0.3) is 5.91 Å². The first-order chi connectivity index (χ1) is 12.8. The van der Waals surface area contributed by atoms with Crippen LogP contribution in [-0.2, 0) is 13.0 Å². The fourth-order valence-electron chi connectivity index (χ4n) is 2.80. The van der Waals surface area contributed by atoms with Gasteiger partial charge in [0.2, 0.25) is 0 Å². The molecule has 27 heavy (non-hydrogen) atoms. The molecule has 2 heterocycles. The van der Waals surface area contributed by atoms with Crippen molar-refractivity contribution >= 4 is 45.6 Å². The van der Waals surface area contributed by atoms with Crippen LogP contribution in [0, 0.1) is 11.7 Å². The first-order valence-corrected chi connectivity index (χ1v) is 9.95. The maximum absolute atomic E-state index is 14.2. The molecule has 4 nitrogen and oxygen atoms in total. The number of hydrogen-bond donors (Lipinski definition) is 1. The minimum absolute atomic E-state index is 0.158. The molecule has 0 spiro atoms. The third-order valence-corrected chi connectivity index (χ3v) is 5.30. The van der Waals surface area contributed by atoms with E-state index in [0.29, 0.717) is 31.7 Å². The van der Waals surface area contributed by atoms with Gasteiger partial charge in [0, 0.05) is 16.8 Å². The number of carbonyl (C=O) groups is 1. The van der Waals surface area contributed by atoms with Crippen molar-refractivity contribution < 1.29 is 9.18 Å². The highest BCUT2D eigenvalue weighted by Crippen LogP contribution is 2.25. The van der Waals surface area contributed by atoms with E-state index in [1.165, 1.54) is 23.6 Å². The Hall–Kier alpha value is -1.89. The number of amides is 1. The lowest BCUT2D eigenvalue weighted by atomic mass is 10.1. The molecule has 8 heteroatoms. The monoisotopic (exact) mass is 425 g/mol. The molecule has 0 saturated heterocycles. The Balaban J connectivity index is 1.93. The van der Waals surface area contributed by atoms with Gasteiger partial charge >= 0.3 is 0 Å². The third-order valence-electron chi connectivity index (χ3n) is 3.92. The van der Waals surface area contributed by atoms with Crippen LogP contribution in [0.4, 0.5) is 9.52 Å². The van der Waals surface area contributed by atoms with Gasteiger partial charge in [-0.15, -0.1) is 0 Å². The number of thiazole rings is 1. The quantitative estimate of drug-likeness (QED) is 0.534. The van der Waals surface area contributed by atoms with E-state index < -0.39 is 5.82 Å². The zero-order valence-electron chi connectivity index (χ0n) is 14.8. The van der Waals surface area contributed by atoms with Crippen molar-refractivity contribution in [2.75, 3.05) is 5.32 Å². The number of anilines is 1. The van der Waals surface area contributed by atoms with Gasteiger partial charge in [-0.1, -0.05) is 54.5 Å². The summed E-state index contributed by atoms with van der Waals surface area (Å²) in [7, 11) is 0. The molecule has 0 bridgehead atoms. The Morgan fingerprint density at radius 1 is 1.37 bits per heavy atom. The number of hydrogen-bond acceptors (Lipinski definition) is 3. The summed E-state index contributed by atoms with van der Waals surface area (Å²) in [5.41, 5.74) is 1.76. The summed E-state index contributed by atoms with van der Waals surface area (Å²) in [6, 6.07) is 6.37. The van der Waals surface area contributed by atoms with Crippen molar-refractivity contribution in [2.24, 2.45) is 5.92 Å². The molecule has 142 valence electrons. The first kappa shape index (κ1) is 19.9. The summed E-state index contributed by atoms with van der Waals surface area (Å²) in [6.07, 6.45) is 4.15. The number of carbonyl (C=O) groups excluding carboxylic acids is 1. The second-order valence-corrected chi connectivity index (χ2v) is 8.65. The number of nitrogens with one attached hydrogen (secondary N) is 1. The summed E-state index contributed by atoms with van der Waals surface area (Å²) in [5, 5.41) is 3.47. The fourth-order valence-corrected chi connectivity index (χ4v) is 3.83. The molecule has 0 aliphatic carbocycles. The van der Waals surface area contributed by atoms with Gasteiger partial charge in [-0.05, 0) is 36.1 Å². The number of rotatable bonds is 6. The Morgan fingerprint density at radius 3 is 2.78 bits per heavy atom. The van der Waals surface area contributed by atoms with E-state index in [2.05, 4.69) is 24.1 Å². The van der Waals surface area contributed by atoms with Crippen LogP contribution < -0.4 is 5.32 Å². The lowest BCUT2D eigenvalue weighted by Gasteiger charge is -2.11. The van der Waals surface area contributed by atoms with E-state index in [-0.39, 0.29) is 12.5 Å². The number of halogens is 3. The van der Waals surface area contributed by atoms with Crippen LogP contribution in [0.2, 0.25) is 9.36 Å². The van der Waals surface area contributed by atoms with E-state index >= 15 is 0 Å². The molecular formula is C19H18Cl2FN3OS. The van der Waals surface area contributed by atoms with Crippen LogP contribution >= 0.6 is 34.5 Å². The first-order valence-electron chi connectivity index (χ1n) is 8.38. The Labute approximate surface area is 170 Å². The topological polar surface area (TPSA) is 46.9 Å². The van der Waals surface area contributed by atoms with Crippen molar-refractivity contribution in [3.63, 3.8) is 0 Å². The third kappa shape index (κ3) is 4.89. The van der Waals surface area contributed by atoms with E-state index in [9.17, 15) is 9.18 Å². The second kappa shape index (κ2) is 8.42. The van der Waals surface area contributed by atoms with Crippen molar-refractivity contribution in [1.29, 1.82) is 0 Å². The average Bonchev–Trinajstić information content (AvgIpc) is 3.16. The van der Waals surface area contributed by atoms with Gasteiger partial charge < -0.3 is 4.57 Å². The van der Waals surface area contributed by atoms with E-state index in [1.54, 1.807) is 16.7 Å². The predicted octanol–water partition coefficient (Wildman–Crippen LogP) is 5.89. The molecule has 3 rings (SSSR count). The molecule has 2 aromatic heterocycles. The summed E-state index contributed by atoms with van der Waals surface area (Å²) < 4.78 is 16.4. The minimum Gasteiger partial charge on any atom is -0.339 e. The lowest BCUT2D eigenvalue weighted by molar-refractivity contribution is 0.101. The maximum Gasteiger partial charge on any atom is 0.274 e. The highest BCUT2D eigenvalue weighted by atomic mass is 35.5. The normalized spacial score (nSPS) is 11.2. The van der Waals surface area contributed by atoms with Crippen LogP contribution in [0.3, 0.4) is 0 Å². The van der Waals surface area contributed by atoms with E-state index in [4.69, 9.17) is 23.2 Å². The molecule has 0 radical (unpaired) electrons. The van der Waals surface area contributed by atoms with E-state index in [1.807, 2.05) is 12.3 Å². The second-order valence-electron chi connectivity index (χ2n) is 6.58. The molecule has 0 aliphatic rings. The molecular weight excluding hydrogens is 408 g/mol. The molecule has 3 aromatic rings.